The molecule has 3 heterocycles. The van der Waals surface area contributed by atoms with Crippen LogP contribution in [0.3, 0.4) is 0 Å². The molecular weight excluding hydrogens is 391 g/mol. The minimum absolute atomic E-state index is 0.0503. The normalized spacial score (nSPS) is 29.3. The number of hydrogen-bond donors (Lipinski definition) is 2. The maximum Gasteiger partial charge on any atom is 0.263 e. The lowest BCUT2D eigenvalue weighted by atomic mass is 9.99. The Kier molecular flexibility index (Phi) is 5.36. The van der Waals surface area contributed by atoms with E-state index in [-0.39, 0.29) is 29.9 Å². The van der Waals surface area contributed by atoms with E-state index in [0.717, 1.165) is 0 Å². The van der Waals surface area contributed by atoms with Gasteiger partial charge in [0.2, 0.25) is 5.95 Å². The number of pyridine rings is 1. The fourth-order valence-corrected chi connectivity index (χ4v) is 4.67. The third kappa shape index (κ3) is 3.50. The predicted molar refractivity (Wildman–Crippen MR) is 110 cm³/mol. The lowest BCUT2D eigenvalue weighted by molar-refractivity contribution is -0.0136. The van der Waals surface area contributed by atoms with Crippen molar-refractivity contribution >= 4 is 22.8 Å². The van der Waals surface area contributed by atoms with Crippen LogP contribution in [0.4, 0.5) is 10.3 Å². The van der Waals surface area contributed by atoms with Crippen molar-refractivity contribution in [2.75, 3.05) is 18.5 Å². The zero-order chi connectivity index (χ0) is 21.6. The monoisotopic (exact) mass is 418 g/mol. The van der Waals surface area contributed by atoms with Gasteiger partial charge >= 0.3 is 0 Å². The second-order valence-electron chi connectivity index (χ2n) is 8.53. The summed E-state index contributed by atoms with van der Waals surface area (Å²) in [6.07, 6.45) is 2.93. The summed E-state index contributed by atoms with van der Waals surface area (Å²) in [5.74, 6) is -0.116. The Morgan fingerprint density at radius 1 is 1.43 bits per heavy atom. The van der Waals surface area contributed by atoms with Crippen LogP contribution in [-0.2, 0) is 4.74 Å². The molecule has 0 radical (unpaired) electrons. The van der Waals surface area contributed by atoms with Crippen LogP contribution in [0.15, 0.2) is 11.0 Å². The van der Waals surface area contributed by atoms with Crippen molar-refractivity contribution in [1.82, 2.24) is 14.5 Å². The molecule has 0 spiro atoms. The van der Waals surface area contributed by atoms with E-state index in [9.17, 15) is 14.7 Å². The standard InChI is InChI=1S/C21H27FN4O4/c1-11-13-9-23-20(24-14-6-8-30-10-15(14)28)25-18(13)26(19(29)17(11)12(2)27)16-5-4-7-21(16,3)22/h9,14-16,28H,4-8,10H2,1-3H3,(H,23,24,25)/t14-,15-,16+,21-/m1/s1. The second-order valence-corrected chi connectivity index (χ2v) is 8.53. The molecule has 162 valence electrons. The van der Waals surface area contributed by atoms with Gasteiger partial charge < -0.3 is 15.2 Å². The molecule has 30 heavy (non-hydrogen) atoms. The van der Waals surface area contributed by atoms with Crippen LogP contribution in [0.5, 0.6) is 0 Å². The first-order valence-electron chi connectivity index (χ1n) is 10.3. The highest BCUT2D eigenvalue weighted by Gasteiger charge is 2.42. The molecule has 9 heteroatoms. The van der Waals surface area contributed by atoms with E-state index in [1.165, 1.54) is 18.4 Å². The van der Waals surface area contributed by atoms with Crippen molar-refractivity contribution in [3.05, 3.63) is 27.7 Å². The molecule has 0 unspecified atom stereocenters. The fourth-order valence-electron chi connectivity index (χ4n) is 4.67. The van der Waals surface area contributed by atoms with Crippen molar-refractivity contribution in [2.45, 2.75) is 70.3 Å². The summed E-state index contributed by atoms with van der Waals surface area (Å²) < 4.78 is 21.9. The first kappa shape index (κ1) is 20.9. The van der Waals surface area contributed by atoms with Crippen molar-refractivity contribution in [3.8, 4) is 0 Å². The van der Waals surface area contributed by atoms with Crippen LogP contribution in [0.2, 0.25) is 0 Å². The Morgan fingerprint density at radius 2 is 2.20 bits per heavy atom. The van der Waals surface area contributed by atoms with E-state index >= 15 is 4.39 Å². The van der Waals surface area contributed by atoms with Crippen molar-refractivity contribution in [2.24, 2.45) is 0 Å². The van der Waals surface area contributed by atoms with Gasteiger partial charge in [-0.3, -0.25) is 14.2 Å². The number of alkyl halides is 1. The number of halogens is 1. The number of nitrogens with zero attached hydrogens (tertiary/aromatic N) is 3. The summed E-state index contributed by atoms with van der Waals surface area (Å²) in [5, 5.41) is 13.8. The van der Waals surface area contributed by atoms with Gasteiger partial charge in [0, 0.05) is 18.2 Å². The molecule has 1 aliphatic carbocycles. The Balaban J connectivity index is 1.89. The summed E-state index contributed by atoms with van der Waals surface area (Å²) in [6.45, 7) is 5.25. The molecule has 0 aromatic carbocycles. The van der Waals surface area contributed by atoms with Gasteiger partial charge in [-0.1, -0.05) is 0 Å². The lowest BCUT2D eigenvalue weighted by Crippen LogP contribution is -2.42. The minimum Gasteiger partial charge on any atom is -0.389 e. The summed E-state index contributed by atoms with van der Waals surface area (Å²) in [6, 6.07) is -0.991. The number of fused-ring (bicyclic) bond motifs is 1. The van der Waals surface area contributed by atoms with Crippen LogP contribution < -0.4 is 10.9 Å². The van der Waals surface area contributed by atoms with Gasteiger partial charge in [0.25, 0.3) is 5.56 Å². The number of aryl methyl sites for hydroxylation is 1. The van der Waals surface area contributed by atoms with Gasteiger partial charge in [0.1, 0.15) is 11.3 Å². The number of carbonyl (C=O) groups is 1. The Labute approximate surface area is 173 Å². The van der Waals surface area contributed by atoms with Gasteiger partial charge in [0.15, 0.2) is 5.78 Å². The van der Waals surface area contributed by atoms with Crippen molar-refractivity contribution in [3.63, 3.8) is 0 Å². The van der Waals surface area contributed by atoms with E-state index in [1.807, 2.05) is 0 Å². The average molecular weight is 418 g/mol. The van der Waals surface area contributed by atoms with E-state index in [0.29, 0.717) is 48.9 Å². The molecule has 8 nitrogen and oxygen atoms in total. The first-order valence-corrected chi connectivity index (χ1v) is 10.3. The van der Waals surface area contributed by atoms with Gasteiger partial charge in [-0.25, -0.2) is 9.37 Å². The fraction of sp³-hybridized carbons (Fsp3) is 0.619. The highest BCUT2D eigenvalue weighted by Crippen LogP contribution is 2.42. The quantitative estimate of drug-likeness (QED) is 0.734. The highest BCUT2D eigenvalue weighted by atomic mass is 19.1. The number of aliphatic hydroxyl groups is 1. The molecule has 1 saturated carbocycles. The predicted octanol–water partition coefficient (Wildman–Crippen LogP) is 2.32. The molecule has 2 fully saturated rings. The van der Waals surface area contributed by atoms with E-state index in [4.69, 9.17) is 4.74 Å². The Hall–Kier alpha value is -2.39. The number of nitrogens with one attached hydrogen (secondary N) is 1. The largest absolute Gasteiger partial charge is 0.389 e. The van der Waals surface area contributed by atoms with Gasteiger partial charge in [-0.2, -0.15) is 4.98 Å². The van der Waals surface area contributed by atoms with Crippen molar-refractivity contribution < 1.29 is 19.0 Å². The second kappa shape index (κ2) is 7.70. The molecule has 0 bridgehead atoms. The zero-order valence-electron chi connectivity index (χ0n) is 17.4. The zero-order valence-corrected chi connectivity index (χ0v) is 17.4. The Bertz CT molecular complexity index is 1050. The van der Waals surface area contributed by atoms with Gasteiger partial charge in [-0.15, -0.1) is 0 Å². The Morgan fingerprint density at radius 3 is 2.83 bits per heavy atom. The van der Waals surface area contributed by atoms with Gasteiger partial charge in [0.05, 0.1) is 30.4 Å². The molecule has 1 aliphatic heterocycles. The summed E-state index contributed by atoms with van der Waals surface area (Å²) in [4.78, 5) is 34.4. The molecule has 4 atom stereocenters. The number of aliphatic hydroxyl groups excluding tert-OH is 1. The summed E-state index contributed by atoms with van der Waals surface area (Å²) in [7, 11) is 0. The summed E-state index contributed by atoms with van der Waals surface area (Å²) in [5.41, 5.74) is -1.24. The number of aromatic nitrogens is 3. The number of ether oxygens (including phenoxy) is 1. The van der Waals surface area contributed by atoms with E-state index in [1.54, 1.807) is 13.1 Å². The number of carbonyl (C=O) groups excluding carboxylic acids is 1. The molecule has 4 rings (SSSR count). The SMILES string of the molecule is CC(=O)c1c(C)c2cnc(N[C@@H]3CCOC[C@H]3O)nc2n([C@H]2CCC[C@@]2(C)F)c1=O. The van der Waals surface area contributed by atoms with Crippen LogP contribution in [-0.4, -0.2) is 56.5 Å². The molecule has 1 saturated heterocycles. The van der Waals surface area contributed by atoms with Crippen LogP contribution in [0, 0.1) is 6.92 Å². The smallest absolute Gasteiger partial charge is 0.263 e. The molecule has 0 amide bonds. The first-order chi connectivity index (χ1) is 14.2. The van der Waals surface area contributed by atoms with Crippen molar-refractivity contribution in [1.29, 1.82) is 0 Å². The van der Waals surface area contributed by atoms with Crippen LogP contribution in [0.1, 0.15) is 61.5 Å². The van der Waals surface area contributed by atoms with Crippen LogP contribution >= 0.6 is 0 Å². The maximum atomic E-state index is 15.3. The third-order valence-electron chi connectivity index (χ3n) is 6.35. The number of ketones is 1. The molecule has 2 aromatic heterocycles. The number of rotatable bonds is 4. The lowest BCUT2D eigenvalue weighted by Gasteiger charge is -2.29. The number of Topliss-reactive ketones (excluding diaryl/α,β-unsaturated/α-hetero) is 1. The third-order valence-corrected chi connectivity index (χ3v) is 6.35. The molecular formula is C21H27FN4O4. The summed E-state index contributed by atoms with van der Waals surface area (Å²) >= 11 is 0. The van der Waals surface area contributed by atoms with E-state index in [2.05, 4.69) is 15.3 Å². The minimum atomic E-state index is -1.57. The molecule has 2 aromatic rings. The maximum absolute atomic E-state index is 15.3. The topological polar surface area (TPSA) is 106 Å². The number of anilines is 1. The van der Waals surface area contributed by atoms with E-state index < -0.39 is 23.4 Å². The molecule has 2 N–H and O–H groups in total. The highest BCUT2D eigenvalue weighted by molar-refractivity contribution is 5.99. The number of hydrogen-bond acceptors (Lipinski definition) is 7. The average Bonchev–Trinajstić information content (AvgIpc) is 3.02. The van der Waals surface area contributed by atoms with Gasteiger partial charge in [-0.05, 0) is 52.0 Å². The van der Waals surface area contributed by atoms with Crippen LogP contribution in [0.25, 0.3) is 11.0 Å². The molecule has 2 aliphatic rings.